The number of aliphatic hydroxyl groups is 1. The number of methoxy groups -OCH3 is 1. The van der Waals surface area contributed by atoms with Crippen molar-refractivity contribution in [2.24, 2.45) is 0 Å². The molecule has 1 saturated heterocycles. The van der Waals surface area contributed by atoms with Gasteiger partial charge >= 0.3 is 0 Å². The average Bonchev–Trinajstić information content (AvgIpc) is 2.38. The van der Waals surface area contributed by atoms with Gasteiger partial charge in [-0.25, -0.2) is 0 Å². The summed E-state index contributed by atoms with van der Waals surface area (Å²) in [7, 11) is 1.65. The Morgan fingerprint density at radius 2 is 2.44 bits per heavy atom. The molecule has 1 N–H and O–H groups in total. The van der Waals surface area contributed by atoms with E-state index in [1.165, 1.54) is 0 Å². The van der Waals surface area contributed by atoms with Crippen molar-refractivity contribution in [3.63, 3.8) is 0 Å². The first-order valence-corrected chi connectivity index (χ1v) is 5.44. The number of nitrogens with zero attached hydrogens (tertiary/aromatic N) is 1. The number of aliphatic hydroxyl groups excluding tert-OH is 1. The molecule has 4 heteroatoms. The Bertz CT molecular complexity index is 343. The molecule has 16 heavy (non-hydrogen) atoms. The Kier molecular flexibility index (Phi) is 3.64. The van der Waals surface area contributed by atoms with Gasteiger partial charge in [0.05, 0.1) is 33.0 Å². The molecule has 1 unspecified atom stereocenters. The molecule has 1 heterocycles. The maximum Gasteiger partial charge on any atom is 0.120 e. The average molecular weight is 223 g/mol. The van der Waals surface area contributed by atoms with Crippen LogP contribution in [-0.2, 0) is 4.74 Å². The van der Waals surface area contributed by atoms with Crippen LogP contribution in [0.5, 0.6) is 5.75 Å². The number of rotatable bonds is 3. The lowest BCUT2D eigenvalue weighted by Gasteiger charge is -2.36. The zero-order chi connectivity index (χ0) is 11.4. The Hall–Kier alpha value is -1.26. The molecular formula is C12H17NO3. The van der Waals surface area contributed by atoms with Crippen LogP contribution in [0.1, 0.15) is 0 Å². The molecule has 4 nitrogen and oxygen atoms in total. The number of benzene rings is 1. The van der Waals surface area contributed by atoms with Crippen molar-refractivity contribution in [1.29, 1.82) is 0 Å². The first kappa shape index (κ1) is 11.2. The summed E-state index contributed by atoms with van der Waals surface area (Å²) in [6, 6.07) is 7.92. The van der Waals surface area contributed by atoms with Gasteiger partial charge in [0.25, 0.3) is 0 Å². The molecule has 2 rings (SSSR count). The second-order valence-electron chi connectivity index (χ2n) is 3.81. The predicted octanol–water partition coefficient (Wildman–Crippen LogP) is 0.893. The summed E-state index contributed by atoms with van der Waals surface area (Å²) in [5.41, 5.74) is 1.07. The quantitative estimate of drug-likeness (QED) is 0.826. The molecule has 1 atom stereocenters. The monoisotopic (exact) mass is 223 g/mol. The number of anilines is 1. The second-order valence-corrected chi connectivity index (χ2v) is 3.81. The third-order valence-electron chi connectivity index (χ3n) is 2.82. The zero-order valence-corrected chi connectivity index (χ0v) is 9.43. The van der Waals surface area contributed by atoms with Crippen LogP contribution in [0.4, 0.5) is 5.69 Å². The van der Waals surface area contributed by atoms with E-state index in [1.54, 1.807) is 7.11 Å². The van der Waals surface area contributed by atoms with Gasteiger partial charge in [-0.2, -0.15) is 0 Å². The minimum atomic E-state index is 0.0425. The molecule has 0 amide bonds. The number of ether oxygens (including phenoxy) is 2. The maximum absolute atomic E-state index is 9.30. The number of morpholine rings is 1. The molecule has 1 aliphatic rings. The Morgan fingerprint density at radius 1 is 1.56 bits per heavy atom. The molecule has 0 aromatic heterocycles. The summed E-state index contributed by atoms with van der Waals surface area (Å²) < 4.78 is 10.5. The molecule has 1 fully saturated rings. The first-order valence-electron chi connectivity index (χ1n) is 5.44. The van der Waals surface area contributed by atoms with Gasteiger partial charge in [0.1, 0.15) is 5.75 Å². The summed E-state index contributed by atoms with van der Waals surface area (Å²) in [5, 5.41) is 9.30. The fourth-order valence-electron chi connectivity index (χ4n) is 1.94. The normalized spacial score (nSPS) is 20.9. The van der Waals surface area contributed by atoms with Crippen molar-refractivity contribution in [2.75, 3.05) is 38.4 Å². The fourth-order valence-corrected chi connectivity index (χ4v) is 1.94. The Labute approximate surface area is 95.4 Å². The summed E-state index contributed by atoms with van der Waals surface area (Å²) in [6.45, 7) is 2.19. The van der Waals surface area contributed by atoms with E-state index in [9.17, 15) is 5.11 Å². The minimum Gasteiger partial charge on any atom is -0.497 e. The van der Waals surface area contributed by atoms with E-state index >= 15 is 0 Å². The zero-order valence-electron chi connectivity index (χ0n) is 9.43. The highest BCUT2D eigenvalue weighted by molar-refractivity contribution is 5.52. The highest BCUT2D eigenvalue weighted by Gasteiger charge is 2.22. The van der Waals surface area contributed by atoms with Gasteiger partial charge in [-0.3, -0.25) is 0 Å². The molecule has 0 saturated carbocycles. The van der Waals surface area contributed by atoms with E-state index in [-0.39, 0.29) is 12.6 Å². The van der Waals surface area contributed by atoms with E-state index < -0.39 is 0 Å². The lowest BCUT2D eigenvalue weighted by Crippen LogP contribution is -2.47. The molecule has 0 radical (unpaired) electrons. The lowest BCUT2D eigenvalue weighted by molar-refractivity contribution is 0.0727. The predicted molar refractivity (Wildman–Crippen MR) is 62.0 cm³/mol. The van der Waals surface area contributed by atoms with Gasteiger partial charge < -0.3 is 19.5 Å². The molecule has 1 aliphatic heterocycles. The van der Waals surface area contributed by atoms with E-state index in [0.29, 0.717) is 13.2 Å². The van der Waals surface area contributed by atoms with Gasteiger partial charge in [0.2, 0.25) is 0 Å². The molecule has 88 valence electrons. The summed E-state index contributed by atoms with van der Waals surface area (Å²) in [5.74, 6) is 0.834. The SMILES string of the molecule is COc1cccc(N2CCOCC2CO)c1. The van der Waals surface area contributed by atoms with Gasteiger partial charge in [-0.05, 0) is 12.1 Å². The molecule has 1 aromatic rings. The number of hydrogen-bond acceptors (Lipinski definition) is 4. The van der Waals surface area contributed by atoms with Crippen LogP contribution in [-0.4, -0.2) is 44.6 Å². The van der Waals surface area contributed by atoms with Crippen molar-refractivity contribution in [2.45, 2.75) is 6.04 Å². The van der Waals surface area contributed by atoms with Crippen LogP contribution < -0.4 is 9.64 Å². The molecule has 0 aliphatic carbocycles. The second kappa shape index (κ2) is 5.18. The van der Waals surface area contributed by atoms with E-state index in [4.69, 9.17) is 9.47 Å². The Morgan fingerprint density at radius 3 is 3.19 bits per heavy atom. The van der Waals surface area contributed by atoms with Crippen molar-refractivity contribution < 1.29 is 14.6 Å². The van der Waals surface area contributed by atoms with E-state index in [2.05, 4.69) is 4.90 Å². The topological polar surface area (TPSA) is 41.9 Å². The van der Waals surface area contributed by atoms with Crippen molar-refractivity contribution in [3.8, 4) is 5.75 Å². The molecular weight excluding hydrogens is 206 g/mol. The van der Waals surface area contributed by atoms with Crippen LogP contribution in [0, 0.1) is 0 Å². The lowest BCUT2D eigenvalue weighted by atomic mass is 10.2. The highest BCUT2D eigenvalue weighted by atomic mass is 16.5. The third kappa shape index (κ3) is 2.28. The summed E-state index contributed by atoms with van der Waals surface area (Å²) >= 11 is 0. The first-order chi connectivity index (χ1) is 7.85. The third-order valence-corrected chi connectivity index (χ3v) is 2.82. The van der Waals surface area contributed by atoms with Crippen LogP contribution in [0.2, 0.25) is 0 Å². The minimum absolute atomic E-state index is 0.0425. The van der Waals surface area contributed by atoms with E-state index in [1.807, 2.05) is 24.3 Å². The standard InChI is InChI=1S/C12H17NO3/c1-15-12-4-2-3-10(7-12)13-5-6-16-9-11(13)8-14/h2-4,7,11,14H,5-6,8-9H2,1H3. The van der Waals surface area contributed by atoms with Crippen molar-refractivity contribution in [3.05, 3.63) is 24.3 Å². The van der Waals surface area contributed by atoms with Crippen molar-refractivity contribution >= 4 is 5.69 Å². The van der Waals surface area contributed by atoms with Gasteiger partial charge in [0.15, 0.2) is 0 Å². The van der Waals surface area contributed by atoms with Gasteiger partial charge in [-0.15, -0.1) is 0 Å². The van der Waals surface area contributed by atoms with E-state index in [0.717, 1.165) is 18.0 Å². The fraction of sp³-hybridized carbons (Fsp3) is 0.500. The van der Waals surface area contributed by atoms with Gasteiger partial charge in [-0.1, -0.05) is 6.07 Å². The highest BCUT2D eigenvalue weighted by Crippen LogP contribution is 2.24. The van der Waals surface area contributed by atoms with Crippen molar-refractivity contribution in [1.82, 2.24) is 0 Å². The van der Waals surface area contributed by atoms with Crippen LogP contribution in [0.3, 0.4) is 0 Å². The largest absolute Gasteiger partial charge is 0.497 e. The van der Waals surface area contributed by atoms with Crippen LogP contribution >= 0.6 is 0 Å². The van der Waals surface area contributed by atoms with Crippen LogP contribution in [0.25, 0.3) is 0 Å². The van der Waals surface area contributed by atoms with Gasteiger partial charge in [0, 0.05) is 18.3 Å². The molecule has 0 bridgehead atoms. The Balaban J connectivity index is 2.20. The summed E-state index contributed by atoms with van der Waals surface area (Å²) in [6.07, 6.45) is 0. The van der Waals surface area contributed by atoms with Crippen LogP contribution in [0.15, 0.2) is 24.3 Å². The summed E-state index contributed by atoms with van der Waals surface area (Å²) in [4.78, 5) is 2.16. The maximum atomic E-state index is 9.30. The molecule has 0 spiro atoms. The number of hydrogen-bond donors (Lipinski definition) is 1. The smallest absolute Gasteiger partial charge is 0.120 e. The molecule has 1 aromatic carbocycles.